The minimum absolute atomic E-state index is 0. The van der Waals surface area contributed by atoms with Gasteiger partial charge in [0.25, 0.3) is 0 Å². The van der Waals surface area contributed by atoms with Crippen LogP contribution in [0.25, 0.3) is 0 Å². The van der Waals surface area contributed by atoms with Gasteiger partial charge < -0.3 is 25.2 Å². The Bertz CT molecular complexity index is 173. The van der Waals surface area contributed by atoms with Crippen LogP contribution in [-0.2, 0) is 13.3 Å². The lowest BCUT2D eigenvalue weighted by atomic mass is 10.2. The lowest BCUT2D eigenvalue weighted by molar-refractivity contribution is 0.0431. The fraction of sp³-hybridized carbons (Fsp3) is 1.00. The van der Waals surface area contributed by atoms with Gasteiger partial charge in [-0.3, -0.25) is 0 Å². The predicted molar refractivity (Wildman–Crippen MR) is 73.2 cm³/mol. The Morgan fingerprint density at radius 3 is 1.29 bits per heavy atom. The van der Waals surface area contributed by atoms with Crippen molar-refractivity contribution in [1.82, 2.24) is 6.15 Å². The van der Waals surface area contributed by atoms with Crippen LogP contribution in [-0.4, -0.2) is 33.8 Å². The molecule has 0 aliphatic carbocycles. The SMILES string of the molecule is CCO[Si](OCC)(OCC)C(N)(CC)CC.N. The Balaban J connectivity index is 0. The lowest BCUT2D eigenvalue weighted by Gasteiger charge is -2.41. The molecular formula is C11H30N2O3Si. The number of rotatable bonds is 9. The van der Waals surface area contributed by atoms with Crippen LogP contribution in [0.3, 0.4) is 0 Å². The van der Waals surface area contributed by atoms with E-state index in [9.17, 15) is 0 Å². The Morgan fingerprint density at radius 2 is 1.12 bits per heavy atom. The molecule has 5 nitrogen and oxygen atoms in total. The zero-order chi connectivity index (χ0) is 12.7. The van der Waals surface area contributed by atoms with Crippen LogP contribution in [0.2, 0.25) is 0 Å². The number of nitrogens with two attached hydrogens (primary N) is 1. The highest BCUT2D eigenvalue weighted by Gasteiger charge is 2.56. The van der Waals surface area contributed by atoms with Crippen molar-refractivity contribution in [3.63, 3.8) is 0 Å². The molecule has 0 atom stereocenters. The van der Waals surface area contributed by atoms with Crippen LogP contribution in [0.4, 0.5) is 0 Å². The molecule has 0 aliphatic rings. The van der Waals surface area contributed by atoms with Gasteiger partial charge in [-0.05, 0) is 33.6 Å². The molecule has 0 aliphatic heterocycles. The van der Waals surface area contributed by atoms with Crippen molar-refractivity contribution in [2.24, 2.45) is 5.73 Å². The van der Waals surface area contributed by atoms with E-state index in [4.69, 9.17) is 19.0 Å². The lowest BCUT2D eigenvalue weighted by Crippen LogP contribution is -2.69. The zero-order valence-electron chi connectivity index (χ0n) is 12.0. The average Bonchev–Trinajstić information content (AvgIpc) is 2.28. The molecule has 17 heavy (non-hydrogen) atoms. The van der Waals surface area contributed by atoms with Crippen LogP contribution in [0.1, 0.15) is 47.5 Å². The van der Waals surface area contributed by atoms with Gasteiger partial charge in [0.1, 0.15) is 0 Å². The van der Waals surface area contributed by atoms with E-state index in [1.165, 1.54) is 0 Å². The normalized spacial score (nSPS) is 12.4. The summed E-state index contributed by atoms with van der Waals surface area (Å²) < 4.78 is 17.5. The summed E-state index contributed by atoms with van der Waals surface area (Å²) in [5.41, 5.74) is 6.42. The van der Waals surface area contributed by atoms with E-state index < -0.39 is 14.0 Å². The molecule has 0 amide bonds. The first-order chi connectivity index (χ1) is 7.55. The predicted octanol–water partition coefficient (Wildman–Crippen LogP) is 2.25. The summed E-state index contributed by atoms with van der Waals surface area (Å²) in [6.45, 7) is 11.7. The highest BCUT2D eigenvalue weighted by molar-refractivity contribution is 6.64. The largest absolute Gasteiger partial charge is 0.521 e. The van der Waals surface area contributed by atoms with Crippen molar-refractivity contribution in [3.8, 4) is 0 Å². The molecule has 106 valence electrons. The van der Waals surface area contributed by atoms with Crippen LogP contribution >= 0.6 is 0 Å². The van der Waals surface area contributed by atoms with Gasteiger partial charge >= 0.3 is 8.80 Å². The van der Waals surface area contributed by atoms with Crippen LogP contribution in [0.15, 0.2) is 0 Å². The van der Waals surface area contributed by atoms with E-state index in [1.807, 2.05) is 20.8 Å². The van der Waals surface area contributed by atoms with Crippen molar-refractivity contribution in [3.05, 3.63) is 0 Å². The van der Waals surface area contributed by atoms with Crippen molar-refractivity contribution in [1.29, 1.82) is 0 Å². The molecule has 5 N–H and O–H groups in total. The quantitative estimate of drug-likeness (QED) is 0.625. The molecule has 0 aromatic heterocycles. The summed E-state index contributed by atoms with van der Waals surface area (Å²) in [6.07, 6.45) is 1.60. The second-order valence-electron chi connectivity index (χ2n) is 3.72. The van der Waals surface area contributed by atoms with Gasteiger partial charge in [-0.25, -0.2) is 0 Å². The van der Waals surface area contributed by atoms with Crippen LogP contribution in [0, 0.1) is 0 Å². The smallest absolute Gasteiger partial charge is 0.373 e. The van der Waals surface area contributed by atoms with Crippen LogP contribution in [0.5, 0.6) is 0 Å². The zero-order valence-corrected chi connectivity index (χ0v) is 13.0. The Labute approximate surface area is 107 Å². The Kier molecular flexibility index (Phi) is 10.3. The molecule has 6 heteroatoms. The summed E-state index contributed by atoms with van der Waals surface area (Å²) in [5.74, 6) is 0. The maximum Gasteiger partial charge on any atom is 0.521 e. The molecule has 0 unspecified atom stereocenters. The second-order valence-corrected chi connectivity index (χ2v) is 6.69. The third-order valence-electron chi connectivity index (χ3n) is 2.87. The molecule has 0 heterocycles. The maximum absolute atomic E-state index is 6.42. The highest BCUT2D eigenvalue weighted by Crippen LogP contribution is 2.28. The minimum atomic E-state index is -2.77. The average molecular weight is 266 g/mol. The Hall–Kier alpha value is 0.0169. The number of hydrogen-bond donors (Lipinski definition) is 2. The third kappa shape index (κ3) is 4.31. The standard InChI is InChI=1S/C11H27NO3Si.H3N/c1-6-11(12,7-2)16(13-8-3,14-9-4)15-10-5;/h6-10,12H2,1-5H3;1H3. The van der Waals surface area contributed by atoms with Gasteiger partial charge in [0.2, 0.25) is 0 Å². The van der Waals surface area contributed by atoms with Gasteiger partial charge in [0.15, 0.2) is 0 Å². The van der Waals surface area contributed by atoms with Gasteiger partial charge in [-0.15, -0.1) is 0 Å². The summed E-state index contributed by atoms with van der Waals surface area (Å²) >= 11 is 0. The fourth-order valence-corrected chi connectivity index (χ4v) is 4.93. The minimum Gasteiger partial charge on any atom is -0.373 e. The molecule has 0 rings (SSSR count). The molecular weight excluding hydrogens is 236 g/mol. The molecule has 0 spiro atoms. The first kappa shape index (κ1) is 19.4. The molecule has 0 saturated carbocycles. The fourth-order valence-electron chi connectivity index (χ4n) is 1.81. The maximum atomic E-state index is 6.42. The van der Waals surface area contributed by atoms with E-state index >= 15 is 0 Å². The summed E-state index contributed by atoms with van der Waals surface area (Å²) in [6, 6.07) is 0. The second kappa shape index (κ2) is 9.01. The summed E-state index contributed by atoms with van der Waals surface area (Å²) in [5, 5.41) is -0.477. The van der Waals surface area contributed by atoms with E-state index in [2.05, 4.69) is 13.8 Å². The van der Waals surface area contributed by atoms with E-state index in [0.29, 0.717) is 19.8 Å². The molecule has 0 bridgehead atoms. The Morgan fingerprint density at radius 1 is 0.824 bits per heavy atom. The highest BCUT2D eigenvalue weighted by atomic mass is 28.4. The van der Waals surface area contributed by atoms with Crippen LogP contribution < -0.4 is 11.9 Å². The monoisotopic (exact) mass is 266 g/mol. The van der Waals surface area contributed by atoms with Crippen molar-refractivity contribution < 1.29 is 13.3 Å². The molecule has 0 fully saturated rings. The molecule has 0 aromatic rings. The summed E-state index contributed by atoms with van der Waals surface area (Å²) in [7, 11) is -2.77. The van der Waals surface area contributed by atoms with E-state index in [1.54, 1.807) is 0 Å². The van der Waals surface area contributed by atoms with E-state index in [0.717, 1.165) is 12.8 Å². The molecule has 0 saturated heterocycles. The van der Waals surface area contributed by atoms with Gasteiger partial charge in [-0.1, -0.05) is 13.8 Å². The molecule has 0 aromatic carbocycles. The first-order valence-electron chi connectivity index (χ1n) is 6.26. The van der Waals surface area contributed by atoms with E-state index in [-0.39, 0.29) is 6.15 Å². The topological polar surface area (TPSA) is 88.7 Å². The van der Waals surface area contributed by atoms with Crippen molar-refractivity contribution in [2.75, 3.05) is 19.8 Å². The molecule has 0 radical (unpaired) electrons. The third-order valence-corrected chi connectivity index (χ3v) is 6.81. The number of hydrogen-bond acceptors (Lipinski definition) is 5. The van der Waals surface area contributed by atoms with Crippen molar-refractivity contribution in [2.45, 2.75) is 52.6 Å². The van der Waals surface area contributed by atoms with Gasteiger partial charge in [-0.2, -0.15) is 0 Å². The van der Waals surface area contributed by atoms with Gasteiger partial charge in [0, 0.05) is 19.8 Å². The van der Waals surface area contributed by atoms with Crippen molar-refractivity contribution >= 4 is 8.80 Å². The first-order valence-corrected chi connectivity index (χ1v) is 7.98. The van der Waals surface area contributed by atoms with Gasteiger partial charge in [0.05, 0.1) is 5.16 Å². The summed E-state index contributed by atoms with van der Waals surface area (Å²) in [4.78, 5) is 0.